The molecule has 144 valence electrons. The number of hydrogen-bond donors (Lipinski definition) is 1. The monoisotopic (exact) mass is 387 g/mol. The average Bonchev–Trinajstić information content (AvgIpc) is 2.79. The SMILES string of the molecule is CSc1ccccc1-c1ccc(C(NC2CCCCC2)c2ccccc2)cc1. The largest absolute Gasteiger partial charge is 0.303 e. The molecule has 3 aromatic carbocycles. The molecule has 0 amide bonds. The van der Waals surface area contributed by atoms with Gasteiger partial charge < -0.3 is 5.32 Å². The summed E-state index contributed by atoms with van der Waals surface area (Å²) in [6, 6.07) is 29.6. The van der Waals surface area contributed by atoms with Crippen molar-refractivity contribution < 1.29 is 0 Å². The molecule has 1 unspecified atom stereocenters. The molecule has 28 heavy (non-hydrogen) atoms. The van der Waals surface area contributed by atoms with Gasteiger partial charge in [0.1, 0.15) is 0 Å². The van der Waals surface area contributed by atoms with Gasteiger partial charge >= 0.3 is 0 Å². The molecular formula is C26H29NS. The summed E-state index contributed by atoms with van der Waals surface area (Å²) in [5.74, 6) is 0. The van der Waals surface area contributed by atoms with E-state index in [1.54, 1.807) is 0 Å². The molecule has 1 aliphatic carbocycles. The van der Waals surface area contributed by atoms with Gasteiger partial charge in [0, 0.05) is 10.9 Å². The Bertz CT molecular complexity index is 866. The van der Waals surface area contributed by atoms with Gasteiger partial charge in [-0.25, -0.2) is 0 Å². The Morgan fingerprint density at radius 3 is 2.11 bits per heavy atom. The van der Waals surface area contributed by atoms with Crippen LogP contribution in [0.5, 0.6) is 0 Å². The van der Waals surface area contributed by atoms with Gasteiger partial charge in [0.05, 0.1) is 6.04 Å². The van der Waals surface area contributed by atoms with Crippen LogP contribution in [0.15, 0.2) is 83.8 Å². The van der Waals surface area contributed by atoms with Gasteiger partial charge in [-0.3, -0.25) is 0 Å². The highest BCUT2D eigenvalue weighted by Crippen LogP contribution is 2.32. The first kappa shape index (κ1) is 19.3. The average molecular weight is 388 g/mol. The Hall–Kier alpha value is -2.03. The molecule has 1 atom stereocenters. The van der Waals surface area contributed by atoms with E-state index >= 15 is 0 Å². The summed E-state index contributed by atoms with van der Waals surface area (Å²) >= 11 is 1.81. The van der Waals surface area contributed by atoms with Crippen LogP contribution >= 0.6 is 11.8 Å². The van der Waals surface area contributed by atoms with Crippen LogP contribution in [-0.4, -0.2) is 12.3 Å². The van der Waals surface area contributed by atoms with Crippen molar-refractivity contribution in [2.24, 2.45) is 0 Å². The van der Waals surface area contributed by atoms with Crippen LogP contribution in [0.25, 0.3) is 11.1 Å². The van der Waals surface area contributed by atoms with E-state index < -0.39 is 0 Å². The van der Waals surface area contributed by atoms with E-state index in [-0.39, 0.29) is 6.04 Å². The molecule has 3 aromatic rings. The van der Waals surface area contributed by atoms with Gasteiger partial charge in [-0.05, 0) is 47.4 Å². The maximum atomic E-state index is 3.97. The summed E-state index contributed by atoms with van der Waals surface area (Å²) in [6.07, 6.45) is 8.82. The van der Waals surface area contributed by atoms with Gasteiger partial charge in [0.2, 0.25) is 0 Å². The Balaban J connectivity index is 1.62. The number of rotatable bonds is 6. The zero-order valence-electron chi connectivity index (χ0n) is 16.6. The Morgan fingerprint density at radius 2 is 1.39 bits per heavy atom. The lowest BCUT2D eigenvalue weighted by atomic mass is 9.91. The smallest absolute Gasteiger partial charge is 0.0578 e. The summed E-state index contributed by atoms with van der Waals surface area (Å²) in [5.41, 5.74) is 5.31. The van der Waals surface area contributed by atoms with Gasteiger partial charge in [-0.15, -0.1) is 11.8 Å². The molecule has 0 radical (unpaired) electrons. The molecule has 0 heterocycles. The topological polar surface area (TPSA) is 12.0 Å². The van der Waals surface area contributed by atoms with Crippen molar-refractivity contribution in [2.75, 3.05) is 6.26 Å². The fourth-order valence-corrected chi connectivity index (χ4v) is 4.89. The lowest BCUT2D eigenvalue weighted by Gasteiger charge is -2.29. The van der Waals surface area contributed by atoms with Gasteiger partial charge in [-0.2, -0.15) is 0 Å². The summed E-state index contributed by atoms with van der Waals surface area (Å²) in [4.78, 5) is 1.33. The molecule has 1 fully saturated rings. The summed E-state index contributed by atoms with van der Waals surface area (Å²) in [5, 5.41) is 3.97. The minimum Gasteiger partial charge on any atom is -0.303 e. The van der Waals surface area contributed by atoms with Crippen LogP contribution in [0.2, 0.25) is 0 Å². The van der Waals surface area contributed by atoms with Gasteiger partial charge in [-0.1, -0.05) is 92.1 Å². The van der Waals surface area contributed by atoms with E-state index in [1.807, 2.05) is 11.8 Å². The Labute approximate surface area is 173 Å². The molecule has 2 heteroatoms. The maximum Gasteiger partial charge on any atom is 0.0578 e. The van der Waals surface area contributed by atoms with Crippen molar-refractivity contribution >= 4 is 11.8 Å². The molecule has 1 nitrogen and oxygen atoms in total. The summed E-state index contributed by atoms with van der Waals surface area (Å²) in [7, 11) is 0. The fourth-order valence-electron chi connectivity index (χ4n) is 4.27. The zero-order valence-corrected chi connectivity index (χ0v) is 17.4. The van der Waals surface area contributed by atoms with E-state index in [0.717, 1.165) is 0 Å². The third kappa shape index (κ3) is 4.51. The second-order valence-electron chi connectivity index (χ2n) is 7.67. The molecule has 0 aliphatic heterocycles. The Morgan fingerprint density at radius 1 is 0.750 bits per heavy atom. The second kappa shape index (κ2) is 9.45. The lowest BCUT2D eigenvalue weighted by Crippen LogP contribution is -2.35. The first-order valence-electron chi connectivity index (χ1n) is 10.4. The highest BCUT2D eigenvalue weighted by atomic mass is 32.2. The second-order valence-corrected chi connectivity index (χ2v) is 8.52. The molecule has 1 aliphatic rings. The Kier molecular flexibility index (Phi) is 6.51. The molecule has 0 spiro atoms. The molecule has 0 aromatic heterocycles. The van der Waals surface area contributed by atoms with E-state index in [9.17, 15) is 0 Å². The van der Waals surface area contributed by atoms with E-state index in [4.69, 9.17) is 0 Å². The third-order valence-corrected chi connectivity index (χ3v) is 6.60. The van der Waals surface area contributed by atoms with Crippen LogP contribution < -0.4 is 5.32 Å². The first-order valence-corrected chi connectivity index (χ1v) is 11.6. The van der Waals surface area contributed by atoms with Crippen molar-refractivity contribution in [1.82, 2.24) is 5.32 Å². The fraction of sp³-hybridized carbons (Fsp3) is 0.308. The van der Waals surface area contributed by atoms with Crippen LogP contribution in [0.1, 0.15) is 49.3 Å². The van der Waals surface area contributed by atoms with Crippen LogP contribution in [-0.2, 0) is 0 Å². The number of nitrogens with one attached hydrogen (secondary N) is 1. The minimum atomic E-state index is 0.258. The van der Waals surface area contributed by atoms with E-state index in [0.29, 0.717) is 6.04 Å². The highest BCUT2D eigenvalue weighted by molar-refractivity contribution is 7.98. The van der Waals surface area contributed by atoms with E-state index in [1.165, 1.54) is 59.3 Å². The molecule has 1 saturated carbocycles. The van der Waals surface area contributed by atoms with Crippen molar-refractivity contribution in [3.63, 3.8) is 0 Å². The predicted octanol–water partition coefficient (Wildman–Crippen LogP) is 7.09. The van der Waals surface area contributed by atoms with Crippen molar-refractivity contribution in [3.8, 4) is 11.1 Å². The summed E-state index contributed by atoms with van der Waals surface area (Å²) < 4.78 is 0. The van der Waals surface area contributed by atoms with Gasteiger partial charge in [0.15, 0.2) is 0 Å². The molecule has 0 bridgehead atoms. The number of hydrogen-bond acceptors (Lipinski definition) is 2. The summed E-state index contributed by atoms with van der Waals surface area (Å²) in [6.45, 7) is 0. The highest BCUT2D eigenvalue weighted by Gasteiger charge is 2.20. The molecule has 4 rings (SSSR count). The first-order chi connectivity index (χ1) is 13.8. The molecular weight excluding hydrogens is 358 g/mol. The number of benzene rings is 3. The molecule has 1 N–H and O–H groups in total. The zero-order chi connectivity index (χ0) is 19.2. The quantitative estimate of drug-likeness (QED) is 0.453. The maximum absolute atomic E-state index is 3.97. The van der Waals surface area contributed by atoms with Crippen molar-refractivity contribution in [1.29, 1.82) is 0 Å². The minimum absolute atomic E-state index is 0.258. The third-order valence-electron chi connectivity index (χ3n) is 5.80. The predicted molar refractivity (Wildman–Crippen MR) is 122 cm³/mol. The van der Waals surface area contributed by atoms with Crippen LogP contribution in [0.4, 0.5) is 0 Å². The number of thioether (sulfide) groups is 1. The van der Waals surface area contributed by atoms with Crippen molar-refractivity contribution in [2.45, 2.75) is 49.1 Å². The van der Waals surface area contributed by atoms with Crippen LogP contribution in [0.3, 0.4) is 0 Å². The normalized spacial score (nSPS) is 16.0. The van der Waals surface area contributed by atoms with E-state index in [2.05, 4.69) is 90.4 Å². The molecule has 0 saturated heterocycles. The van der Waals surface area contributed by atoms with Crippen LogP contribution in [0, 0.1) is 0 Å². The standard InChI is InChI=1S/C26H29NS/c1-28-25-15-9-8-14-24(25)20-16-18-22(19-17-20)26(21-10-4-2-5-11-21)27-23-12-6-3-7-13-23/h2,4-5,8-11,14-19,23,26-27H,3,6-7,12-13H2,1H3. The van der Waals surface area contributed by atoms with Gasteiger partial charge in [0.25, 0.3) is 0 Å². The van der Waals surface area contributed by atoms with Crippen molar-refractivity contribution in [3.05, 3.63) is 90.0 Å². The lowest BCUT2D eigenvalue weighted by molar-refractivity contribution is 0.354.